The third-order valence-corrected chi connectivity index (χ3v) is 5.93. The lowest BCUT2D eigenvalue weighted by molar-refractivity contribution is 0.559. The van der Waals surface area contributed by atoms with Gasteiger partial charge >= 0.3 is 0 Å². The summed E-state index contributed by atoms with van der Waals surface area (Å²) in [5.41, 5.74) is 2.79. The van der Waals surface area contributed by atoms with Crippen LogP contribution in [-0.4, -0.2) is 23.6 Å². The molecule has 1 heterocycles. The van der Waals surface area contributed by atoms with E-state index < -0.39 is 0 Å². The molecule has 0 bridgehead atoms. The molecule has 2 N–H and O–H groups in total. The van der Waals surface area contributed by atoms with Crippen LogP contribution < -0.4 is 16.2 Å². The van der Waals surface area contributed by atoms with E-state index in [1.54, 1.807) is 29.0 Å². The third-order valence-electron chi connectivity index (χ3n) is 5.93. The largest absolute Gasteiger partial charge is 0.357 e. The molecule has 7 heteroatoms. The highest BCUT2D eigenvalue weighted by atomic mass is 127. The van der Waals surface area contributed by atoms with E-state index in [1.807, 2.05) is 49.4 Å². The first-order chi connectivity index (χ1) is 15.6. The van der Waals surface area contributed by atoms with Crippen LogP contribution in [-0.2, 0) is 18.5 Å². The number of halogens is 2. The van der Waals surface area contributed by atoms with Crippen LogP contribution in [0.2, 0.25) is 0 Å². The minimum Gasteiger partial charge on any atom is -0.357 e. The SMILES string of the molecule is CCNC(=NCc1ccc(Cn2ccccc2=O)cc1)NCC1(c2ccccc2F)CC1.I. The maximum absolute atomic E-state index is 14.3. The maximum Gasteiger partial charge on any atom is 0.250 e. The predicted octanol–water partition coefficient (Wildman–Crippen LogP) is 4.44. The molecule has 174 valence electrons. The second kappa shape index (κ2) is 11.4. The Hall–Kier alpha value is -2.68. The summed E-state index contributed by atoms with van der Waals surface area (Å²) in [7, 11) is 0. The summed E-state index contributed by atoms with van der Waals surface area (Å²) in [5.74, 6) is 0.599. The highest BCUT2D eigenvalue weighted by Gasteiger charge is 2.45. The topological polar surface area (TPSA) is 58.4 Å². The molecule has 33 heavy (non-hydrogen) atoms. The molecule has 1 aliphatic rings. The standard InChI is InChI=1S/C26H29FN4O.HI/c1-2-28-25(30-19-26(14-15-26)22-7-3-4-8-23(22)27)29-17-20-10-12-21(13-11-20)18-31-16-6-5-9-24(31)32;/h3-13,16H,2,14-15,17-19H2,1H3,(H2,28,29,30);1H. The summed E-state index contributed by atoms with van der Waals surface area (Å²) >= 11 is 0. The van der Waals surface area contributed by atoms with Crippen LogP contribution in [0.3, 0.4) is 0 Å². The van der Waals surface area contributed by atoms with Crippen molar-refractivity contribution in [1.29, 1.82) is 0 Å². The molecule has 0 unspecified atom stereocenters. The minimum atomic E-state index is -0.140. The summed E-state index contributed by atoms with van der Waals surface area (Å²) < 4.78 is 16.0. The molecule has 1 saturated carbocycles. The molecule has 1 fully saturated rings. The Kier molecular flexibility index (Phi) is 8.66. The van der Waals surface area contributed by atoms with E-state index in [0.29, 0.717) is 19.6 Å². The van der Waals surface area contributed by atoms with Crippen molar-refractivity contribution >= 4 is 29.9 Å². The molecule has 0 aliphatic heterocycles. The summed E-state index contributed by atoms with van der Waals surface area (Å²) in [5, 5.41) is 6.68. The smallest absolute Gasteiger partial charge is 0.250 e. The van der Waals surface area contributed by atoms with Gasteiger partial charge in [0, 0.05) is 30.8 Å². The van der Waals surface area contributed by atoms with Crippen molar-refractivity contribution in [3.8, 4) is 0 Å². The Morgan fingerprint density at radius 1 is 1.00 bits per heavy atom. The van der Waals surface area contributed by atoms with Gasteiger partial charge < -0.3 is 15.2 Å². The predicted molar refractivity (Wildman–Crippen MR) is 142 cm³/mol. The van der Waals surface area contributed by atoms with Gasteiger partial charge in [-0.1, -0.05) is 48.5 Å². The van der Waals surface area contributed by atoms with Gasteiger partial charge in [-0.05, 0) is 48.6 Å². The van der Waals surface area contributed by atoms with Crippen LogP contribution >= 0.6 is 24.0 Å². The molecule has 0 atom stereocenters. The third kappa shape index (κ3) is 6.43. The second-order valence-electron chi connectivity index (χ2n) is 8.29. The minimum absolute atomic E-state index is 0. The molecule has 0 amide bonds. The van der Waals surface area contributed by atoms with Gasteiger partial charge in [-0.15, -0.1) is 24.0 Å². The molecule has 0 radical (unpaired) electrons. The normalized spacial score (nSPS) is 14.3. The number of nitrogens with zero attached hydrogens (tertiary/aromatic N) is 2. The van der Waals surface area contributed by atoms with E-state index in [2.05, 4.69) is 10.6 Å². The fourth-order valence-corrected chi connectivity index (χ4v) is 3.89. The highest BCUT2D eigenvalue weighted by molar-refractivity contribution is 14.0. The van der Waals surface area contributed by atoms with E-state index in [-0.39, 0.29) is 40.8 Å². The summed E-state index contributed by atoms with van der Waals surface area (Å²) in [6.07, 6.45) is 3.75. The van der Waals surface area contributed by atoms with Crippen LogP contribution in [0.4, 0.5) is 4.39 Å². The number of hydrogen-bond donors (Lipinski definition) is 2. The van der Waals surface area contributed by atoms with Crippen molar-refractivity contribution in [3.63, 3.8) is 0 Å². The number of rotatable bonds is 8. The van der Waals surface area contributed by atoms with Crippen LogP contribution in [0.5, 0.6) is 0 Å². The van der Waals surface area contributed by atoms with Crippen LogP contribution in [0.25, 0.3) is 0 Å². The molecule has 0 saturated heterocycles. The molecule has 1 aliphatic carbocycles. The number of guanidine groups is 1. The van der Waals surface area contributed by atoms with Crippen molar-refractivity contribution < 1.29 is 4.39 Å². The zero-order chi connectivity index (χ0) is 22.4. The van der Waals surface area contributed by atoms with Crippen molar-refractivity contribution in [3.05, 3.63) is 106 Å². The zero-order valence-corrected chi connectivity index (χ0v) is 21.1. The van der Waals surface area contributed by atoms with E-state index in [1.165, 1.54) is 6.07 Å². The number of benzene rings is 2. The van der Waals surface area contributed by atoms with Crippen molar-refractivity contribution in [2.24, 2.45) is 4.99 Å². The molecule has 2 aromatic carbocycles. The monoisotopic (exact) mass is 560 g/mol. The highest BCUT2D eigenvalue weighted by Crippen LogP contribution is 2.48. The van der Waals surface area contributed by atoms with Crippen molar-refractivity contribution in [2.45, 2.75) is 38.3 Å². The lowest BCUT2D eigenvalue weighted by Crippen LogP contribution is -2.41. The number of pyridine rings is 1. The number of aliphatic imine (C=N–C) groups is 1. The van der Waals surface area contributed by atoms with Gasteiger partial charge in [-0.3, -0.25) is 4.79 Å². The molecule has 1 aromatic heterocycles. The maximum atomic E-state index is 14.3. The summed E-state index contributed by atoms with van der Waals surface area (Å²) in [6, 6.07) is 20.4. The van der Waals surface area contributed by atoms with Crippen LogP contribution in [0.15, 0.2) is 82.7 Å². The fourth-order valence-electron chi connectivity index (χ4n) is 3.89. The van der Waals surface area contributed by atoms with Gasteiger partial charge in [-0.2, -0.15) is 0 Å². The molecule has 0 spiro atoms. The van der Waals surface area contributed by atoms with Gasteiger partial charge in [0.1, 0.15) is 5.82 Å². The van der Waals surface area contributed by atoms with Crippen LogP contribution in [0.1, 0.15) is 36.5 Å². The molecular formula is C26H30FIN4O. The first-order valence-corrected chi connectivity index (χ1v) is 11.1. The average molecular weight is 560 g/mol. The lowest BCUT2D eigenvalue weighted by Gasteiger charge is -2.19. The van der Waals surface area contributed by atoms with Gasteiger partial charge in [0.15, 0.2) is 5.96 Å². The molecular weight excluding hydrogens is 530 g/mol. The number of hydrogen-bond acceptors (Lipinski definition) is 2. The van der Waals surface area contributed by atoms with Crippen molar-refractivity contribution in [2.75, 3.05) is 13.1 Å². The lowest BCUT2D eigenvalue weighted by atomic mass is 9.95. The van der Waals surface area contributed by atoms with E-state index in [0.717, 1.165) is 42.0 Å². The Bertz CT molecular complexity index is 1140. The Balaban J connectivity index is 0.00000306. The van der Waals surface area contributed by atoms with Gasteiger partial charge in [0.05, 0.1) is 13.1 Å². The van der Waals surface area contributed by atoms with E-state index >= 15 is 0 Å². The summed E-state index contributed by atoms with van der Waals surface area (Å²) in [6.45, 7) is 4.52. The fraction of sp³-hybridized carbons (Fsp3) is 0.308. The number of aromatic nitrogens is 1. The first-order valence-electron chi connectivity index (χ1n) is 11.1. The molecule has 5 nitrogen and oxygen atoms in total. The van der Waals surface area contributed by atoms with E-state index in [4.69, 9.17) is 4.99 Å². The van der Waals surface area contributed by atoms with Crippen molar-refractivity contribution in [1.82, 2.24) is 15.2 Å². The van der Waals surface area contributed by atoms with E-state index in [9.17, 15) is 9.18 Å². The first kappa shape index (κ1) is 25.0. The number of nitrogens with one attached hydrogen (secondary N) is 2. The quantitative estimate of drug-likeness (QED) is 0.244. The van der Waals surface area contributed by atoms with Crippen LogP contribution in [0, 0.1) is 5.82 Å². The molecule has 3 aromatic rings. The van der Waals surface area contributed by atoms with Gasteiger partial charge in [0.25, 0.3) is 5.56 Å². The van der Waals surface area contributed by atoms with Gasteiger partial charge in [0.2, 0.25) is 0 Å². The Morgan fingerprint density at radius 2 is 1.70 bits per heavy atom. The Labute approximate surface area is 211 Å². The molecule has 4 rings (SSSR count). The summed E-state index contributed by atoms with van der Waals surface area (Å²) in [4.78, 5) is 16.6. The second-order valence-corrected chi connectivity index (χ2v) is 8.29. The zero-order valence-electron chi connectivity index (χ0n) is 18.8. The average Bonchev–Trinajstić information content (AvgIpc) is 3.59. The Morgan fingerprint density at radius 3 is 2.36 bits per heavy atom. The van der Waals surface area contributed by atoms with Gasteiger partial charge in [-0.25, -0.2) is 9.38 Å².